The molecular weight excluding hydrogens is 270 g/mol. The molecule has 3 nitrogen and oxygen atoms in total. The van der Waals surface area contributed by atoms with Crippen LogP contribution in [0.3, 0.4) is 0 Å². The van der Waals surface area contributed by atoms with E-state index in [2.05, 4.69) is 11.2 Å². The predicted molar refractivity (Wildman–Crippen MR) is 33.2 cm³/mol. The van der Waals surface area contributed by atoms with Gasteiger partial charge in [0.2, 0.25) is 0 Å². The molecule has 0 atom stereocenters. The van der Waals surface area contributed by atoms with Crippen molar-refractivity contribution >= 4 is 44.1 Å². The van der Waals surface area contributed by atoms with Crippen molar-refractivity contribution in [2.24, 2.45) is 0 Å². The minimum absolute atomic E-state index is 0. The molecule has 0 aromatic heterocycles. The van der Waals surface area contributed by atoms with Crippen LogP contribution in [0.5, 0.6) is 0 Å². The third kappa shape index (κ3) is 53.1. The van der Waals surface area contributed by atoms with E-state index in [0.717, 1.165) is 0 Å². The summed E-state index contributed by atoms with van der Waals surface area (Å²) in [6, 6.07) is 0. The van der Waals surface area contributed by atoms with E-state index in [1.54, 1.807) is 0 Å². The molecule has 0 aliphatic rings. The van der Waals surface area contributed by atoms with Gasteiger partial charge in [-0.2, -0.15) is 4.21 Å². The molecule has 7 heavy (non-hydrogen) atoms. The fourth-order valence-corrected chi connectivity index (χ4v) is 0. The van der Waals surface area contributed by atoms with Crippen LogP contribution in [-0.4, -0.2) is 37.2 Å². The third-order valence-corrected chi connectivity index (χ3v) is 0. The van der Waals surface area contributed by atoms with Crippen molar-refractivity contribution in [3.05, 3.63) is 0 Å². The van der Waals surface area contributed by atoms with Gasteiger partial charge in [0, 0.05) is 11.2 Å². The number of hydrogen-bond acceptors (Lipinski definition) is 2. The summed E-state index contributed by atoms with van der Waals surface area (Å²) in [4.78, 5) is 0. The second-order valence-corrected chi connectivity index (χ2v) is 2.65. The molecule has 0 aromatic carbocycles. The van der Waals surface area contributed by atoms with Crippen molar-refractivity contribution in [2.75, 3.05) is 0 Å². The quantitative estimate of drug-likeness (QED) is 0.437. The van der Waals surface area contributed by atoms with Crippen molar-refractivity contribution in [3.63, 3.8) is 0 Å². The van der Waals surface area contributed by atoms with Crippen molar-refractivity contribution < 1.29 is 66.1 Å². The Balaban J connectivity index is -0.0000000267. The molecule has 0 aliphatic heterocycles. The second kappa shape index (κ2) is 6.84. The molecular formula is H7KO3S2Sn. The van der Waals surface area contributed by atoms with Gasteiger partial charge in [-0.15, -0.1) is 0 Å². The molecule has 0 radical (unpaired) electrons. The van der Waals surface area contributed by atoms with E-state index in [4.69, 9.17) is 13.3 Å². The van der Waals surface area contributed by atoms with E-state index in [1.165, 1.54) is 0 Å². The van der Waals surface area contributed by atoms with Crippen molar-refractivity contribution in [1.82, 2.24) is 0 Å². The Morgan fingerprint density at radius 1 is 1.57 bits per heavy atom. The van der Waals surface area contributed by atoms with E-state index in [1.807, 2.05) is 0 Å². The molecule has 0 spiro atoms. The van der Waals surface area contributed by atoms with Gasteiger partial charge in [-0.05, 0) is 0 Å². The molecule has 42 valence electrons. The Morgan fingerprint density at radius 2 is 1.57 bits per heavy atom. The van der Waals surface area contributed by atoms with Crippen LogP contribution in [0.4, 0.5) is 0 Å². The van der Waals surface area contributed by atoms with Crippen LogP contribution in [0.1, 0.15) is 1.43 Å². The summed E-state index contributed by atoms with van der Waals surface area (Å²) in [5, 5.41) is 0. The first-order valence-electron chi connectivity index (χ1n) is 0.698. The molecule has 0 unspecified atom stereocenters. The topological polar surface area (TPSA) is 57.5 Å². The Morgan fingerprint density at radius 3 is 1.57 bits per heavy atom. The number of hydrogen-bond donors (Lipinski definition) is 2. The fourth-order valence-electron chi connectivity index (χ4n) is 0. The first-order valence-corrected chi connectivity index (χ1v) is 3.10. The van der Waals surface area contributed by atoms with Gasteiger partial charge in [0.15, 0.2) is 0 Å². The third-order valence-electron chi connectivity index (χ3n) is 0. The monoisotopic (exact) mass is 278 g/mol. The molecule has 0 amide bonds. The molecule has 0 bridgehead atoms. The second-order valence-electron chi connectivity index (χ2n) is 0.448. The van der Waals surface area contributed by atoms with Crippen LogP contribution in [-0.2, 0) is 20.2 Å². The summed E-state index contributed by atoms with van der Waals surface area (Å²) in [6.45, 7) is 0. The molecule has 7 heteroatoms. The predicted octanol–water partition coefficient (Wildman–Crippen LogP) is -4.66. The van der Waals surface area contributed by atoms with Gasteiger partial charge in [-0.25, -0.2) is 0 Å². The number of rotatable bonds is 0. The molecule has 2 N–H and O–H groups in total. The molecule has 0 fully saturated rings. The Bertz CT molecular complexity index is 100. The average Bonchev–Trinajstić information content (AvgIpc) is 0.722. The zero-order valence-electron chi connectivity index (χ0n) is 4.12. The van der Waals surface area contributed by atoms with E-state index in [0.29, 0.717) is 0 Å². The minimum atomic E-state index is -3.83. The summed E-state index contributed by atoms with van der Waals surface area (Å²) < 4.78 is 24.0. The molecule has 0 saturated carbocycles. The van der Waals surface area contributed by atoms with Crippen molar-refractivity contribution in [2.45, 2.75) is 0 Å². The molecule has 0 heterocycles. The van der Waals surface area contributed by atoms with Crippen LogP contribution >= 0.6 is 0 Å². The van der Waals surface area contributed by atoms with Gasteiger partial charge in [0.1, 0.15) is 0 Å². The summed E-state index contributed by atoms with van der Waals surface area (Å²) in [5.41, 5.74) is 0. The maximum atomic E-state index is 9.11. The van der Waals surface area contributed by atoms with Gasteiger partial charge in [-0.1, -0.05) is 0 Å². The van der Waals surface area contributed by atoms with Crippen LogP contribution in [0.2, 0.25) is 0 Å². The molecule has 0 aliphatic carbocycles. The van der Waals surface area contributed by atoms with Gasteiger partial charge in [0.25, 0.3) is 9.05 Å². The summed E-state index contributed by atoms with van der Waals surface area (Å²) >= 11 is 3.47. The van der Waals surface area contributed by atoms with Crippen LogP contribution in [0.25, 0.3) is 0 Å². The van der Waals surface area contributed by atoms with E-state index in [9.17, 15) is 0 Å². The van der Waals surface area contributed by atoms with Crippen molar-refractivity contribution in [3.8, 4) is 0 Å². The normalized spacial score (nSPS) is 8.29. The first-order chi connectivity index (χ1) is 2.00. The Kier molecular flexibility index (Phi) is 16.0. The van der Waals surface area contributed by atoms with Gasteiger partial charge in [-0.3, -0.25) is 9.11 Å². The van der Waals surface area contributed by atoms with E-state index < -0.39 is 9.05 Å². The van der Waals surface area contributed by atoms with Crippen LogP contribution in [0.15, 0.2) is 0 Å². The zero-order chi connectivity index (χ0) is 4.50. The van der Waals surface area contributed by atoms with E-state index in [-0.39, 0.29) is 76.7 Å². The zero-order valence-corrected chi connectivity index (χ0v) is 7.88. The average molecular weight is 277 g/mol. The Hall–Kier alpha value is 2.73. The molecule has 0 saturated heterocycles. The van der Waals surface area contributed by atoms with Gasteiger partial charge >= 0.3 is 75.3 Å². The van der Waals surface area contributed by atoms with E-state index >= 15 is 0 Å². The standard InChI is InChI=1S/K.H2O3S2.Sn.5H/c;1-5(2,3)4;;;;;;/h;(H2,1,2,3,4);;;;;;/q+1;;;;;;;-1. The van der Waals surface area contributed by atoms with Gasteiger partial charge in [0.05, 0.1) is 0 Å². The molecule has 0 rings (SSSR count). The summed E-state index contributed by atoms with van der Waals surface area (Å²) in [6.07, 6.45) is 0. The van der Waals surface area contributed by atoms with Crippen molar-refractivity contribution in [1.29, 1.82) is 0 Å². The van der Waals surface area contributed by atoms with Crippen LogP contribution < -0.4 is 51.4 Å². The first kappa shape index (κ1) is 16.4. The van der Waals surface area contributed by atoms with Crippen LogP contribution in [0, 0.1) is 0 Å². The maximum absolute atomic E-state index is 9.11. The Labute approximate surface area is 108 Å². The SMILES string of the molecule is O=S(O)(O)=S.[H-].[K+].[SnH4]. The fraction of sp³-hybridized carbons (Fsp3) is 0. The summed E-state index contributed by atoms with van der Waals surface area (Å²) in [7, 11) is -3.83. The summed E-state index contributed by atoms with van der Waals surface area (Å²) in [5.74, 6) is 0. The van der Waals surface area contributed by atoms with Gasteiger partial charge < -0.3 is 1.43 Å². The molecule has 0 aromatic rings.